The summed E-state index contributed by atoms with van der Waals surface area (Å²) < 4.78 is 23.7. The van der Waals surface area contributed by atoms with Crippen molar-refractivity contribution in [2.75, 3.05) is 40.9 Å². The van der Waals surface area contributed by atoms with Crippen molar-refractivity contribution in [3.05, 3.63) is 24.3 Å². The number of likely N-dealkylation sites (N-methyl/N-ethyl adjacent to an activating group) is 1. The van der Waals surface area contributed by atoms with Crippen LogP contribution in [0, 0.1) is 0 Å². The molecule has 0 rings (SSSR count). The number of carbonyl (C=O) groups is 1. The average Bonchev–Trinajstić information content (AvgIpc) is 3.37. The highest BCUT2D eigenvalue weighted by Crippen LogP contribution is 2.43. The molecule has 0 aliphatic carbocycles. The molecule has 0 spiro atoms. The zero-order chi connectivity index (χ0) is 54.9. The maximum absolute atomic E-state index is 13.0. The molecule has 0 aromatic rings. The largest absolute Gasteiger partial charge is 0.472 e. The summed E-state index contributed by atoms with van der Waals surface area (Å²) in [7, 11) is 1.57. The summed E-state index contributed by atoms with van der Waals surface area (Å²) in [5.41, 5.74) is 0. The van der Waals surface area contributed by atoms with Gasteiger partial charge in [0.15, 0.2) is 0 Å². The summed E-state index contributed by atoms with van der Waals surface area (Å²) in [5, 5.41) is 13.9. The first-order valence-electron chi connectivity index (χ1n) is 33.2. The molecule has 0 bridgehead atoms. The van der Waals surface area contributed by atoms with Gasteiger partial charge in [-0.3, -0.25) is 13.8 Å². The van der Waals surface area contributed by atoms with Gasteiger partial charge < -0.3 is 19.8 Å². The topological polar surface area (TPSA) is 105 Å². The molecule has 3 unspecified atom stereocenters. The van der Waals surface area contributed by atoms with Crippen molar-refractivity contribution in [3.8, 4) is 0 Å². The fraction of sp³-hybridized carbons (Fsp3) is 0.924. The predicted molar refractivity (Wildman–Crippen MR) is 328 cm³/mol. The minimum Gasteiger partial charge on any atom is -0.387 e. The van der Waals surface area contributed by atoms with Crippen LogP contribution in [0.4, 0.5) is 0 Å². The van der Waals surface area contributed by atoms with Crippen LogP contribution in [0.25, 0.3) is 0 Å². The zero-order valence-corrected chi connectivity index (χ0v) is 52.0. The molecule has 1 amide bonds. The molecule has 9 heteroatoms. The number of hydrogen-bond donors (Lipinski definition) is 3. The van der Waals surface area contributed by atoms with Crippen LogP contribution >= 0.6 is 7.82 Å². The highest BCUT2D eigenvalue weighted by atomic mass is 31.2. The second-order valence-electron chi connectivity index (χ2n) is 24.2. The van der Waals surface area contributed by atoms with Gasteiger partial charge in [-0.15, -0.1) is 0 Å². The molecule has 0 aromatic carbocycles. The van der Waals surface area contributed by atoms with Crippen molar-refractivity contribution in [3.63, 3.8) is 0 Å². The van der Waals surface area contributed by atoms with Crippen LogP contribution in [0.15, 0.2) is 24.3 Å². The van der Waals surface area contributed by atoms with Gasteiger partial charge in [0.05, 0.1) is 39.9 Å². The Morgan fingerprint density at radius 2 is 0.733 bits per heavy atom. The van der Waals surface area contributed by atoms with Gasteiger partial charge in [0.2, 0.25) is 5.91 Å². The Bertz CT molecular complexity index is 1270. The standard InChI is InChI=1S/C66H131N2O6P/c1-6-8-10-12-14-16-18-20-21-22-23-24-25-26-27-28-29-30-31-32-33-34-35-36-37-38-39-40-41-42-43-44-45-46-47-48-50-52-54-56-58-60-66(70)67-64(63-74-75(71,72)73-62-61-68(3,4)5)65(69)59-57-55-53-51-49-19-17-15-13-11-9-7-2/h49,51,57,59,64-65,69H,6-48,50,52-56,58,60-63H2,1-5H3,(H-,67,70,71,72)/p+1/b51-49+,59-57+. The molecule has 0 aromatic heterocycles. The molecular formula is C66H132N2O6P+. The molecule has 75 heavy (non-hydrogen) atoms. The maximum atomic E-state index is 13.0. The lowest BCUT2D eigenvalue weighted by Gasteiger charge is -2.25. The first-order valence-corrected chi connectivity index (χ1v) is 34.7. The number of allylic oxidation sites excluding steroid dienone is 3. The van der Waals surface area contributed by atoms with E-state index in [4.69, 9.17) is 9.05 Å². The van der Waals surface area contributed by atoms with Crippen LogP contribution < -0.4 is 5.32 Å². The van der Waals surface area contributed by atoms with Crippen LogP contribution in [0.2, 0.25) is 0 Å². The number of nitrogens with zero attached hydrogens (tertiary/aromatic N) is 1. The molecule has 3 N–H and O–H groups in total. The van der Waals surface area contributed by atoms with Gasteiger partial charge in [-0.05, 0) is 32.1 Å². The third-order valence-electron chi connectivity index (χ3n) is 15.4. The number of rotatable bonds is 62. The number of phosphoric ester groups is 1. The van der Waals surface area contributed by atoms with Crippen LogP contribution in [0.3, 0.4) is 0 Å². The van der Waals surface area contributed by atoms with Crippen molar-refractivity contribution in [2.45, 2.75) is 353 Å². The van der Waals surface area contributed by atoms with E-state index in [0.717, 1.165) is 38.5 Å². The average molecular weight is 1080 g/mol. The maximum Gasteiger partial charge on any atom is 0.472 e. The van der Waals surface area contributed by atoms with Gasteiger partial charge >= 0.3 is 7.82 Å². The van der Waals surface area contributed by atoms with Crippen molar-refractivity contribution in [1.82, 2.24) is 5.32 Å². The van der Waals surface area contributed by atoms with Crippen LogP contribution in [-0.4, -0.2) is 73.4 Å². The van der Waals surface area contributed by atoms with Crippen molar-refractivity contribution >= 4 is 13.7 Å². The number of nitrogens with one attached hydrogen (secondary N) is 1. The molecular weight excluding hydrogens is 948 g/mol. The van der Waals surface area contributed by atoms with Gasteiger partial charge in [0, 0.05) is 6.42 Å². The summed E-state index contributed by atoms with van der Waals surface area (Å²) in [6.45, 7) is 4.81. The van der Waals surface area contributed by atoms with Gasteiger partial charge in [0.1, 0.15) is 13.2 Å². The number of unbranched alkanes of at least 4 members (excludes halogenated alkanes) is 47. The third-order valence-corrected chi connectivity index (χ3v) is 16.4. The molecule has 0 fully saturated rings. The van der Waals surface area contributed by atoms with Gasteiger partial charge in [-0.25, -0.2) is 4.57 Å². The van der Waals surface area contributed by atoms with Crippen molar-refractivity contribution in [1.29, 1.82) is 0 Å². The normalized spacial score (nSPS) is 13.9. The number of aliphatic hydroxyl groups is 1. The summed E-state index contributed by atoms with van der Waals surface area (Å²) in [6.07, 6.45) is 75.0. The van der Waals surface area contributed by atoms with Crippen LogP contribution in [0.5, 0.6) is 0 Å². The zero-order valence-electron chi connectivity index (χ0n) is 51.1. The highest BCUT2D eigenvalue weighted by Gasteiger charge is 2.28. The van der Waals surface area contributed by atoms with E-state index < -0.39 is 20.0 Å². The molecule has 8 nitrogen and oxygen atoms in total. The smallest absolute Gasteiger partial charge is 0.387 e. The summed E-state index contributed by atoms with van der Waals surface area (Å²) in [5.74, 6) is -0.181. The van der Waals surface area contributed by atoms with Gasteiger partial charge in [-0.1, -0.05) is 327 Å². The first kappa shape index (κ1) is 74.0. The quantitative estimate of drug-likeness (QED) is 0.0243. The molecule has 0 saturated heterocycles. The lowest BCUT2D eigenvalue weighted by Crippen LogP contribution is -2.45. The first-order chi connectivity index (χ1) is 36.5. The Labute approximate surface area is 468 Å². The second kappa shape index (κ2) is 57.7. The fourth-order valence-corrected chi connectivity index (χ4v) is 11.0. The summed E-state index contributed by atoms with van der Waals surface area (Å²) in [6, 6.07) is -0.859. The Balaban J connectivity index is 3.78. The van der Waals surface area contributed by atoms with Gasteiger partial charge in [0.25, 0.3) is 0 Å². The van der Waals surface area contributed by atoms with Crippen molar-refractivity contribution in [2.24, 2.45) is 0 Å². The monoisotopic (exact) mass is 1080 g/mol. The number of hydrogen-bond acceptors (Lipinski definition) is 5. The molecule has 446 valence electrons. The number of carbonyl (C=O) groups excluding carboxylic acids is 1. The van der Waals surface area contributed by atoms with E-state index in [1.807, 2.05) is 27.2 Å². The molecule has 0 aliphatic heterocycles. The lowest BCUT2D eigenvalue weighted by atomic mass is 10.0. The van der Waals surface area contributed by atoms with Crippen LogP contribution in [-0.2, 0) is 18.4 Å². The predicted octanol–water partition coefficient (Wildman–Crippen LogP) is 20.7. The minimum absolute atomic E-state index is 0.0585. The number of phosphoric acid groups is 1. The minimum atomic E-state index is -4.35. The third kappa shape index (κ3) is 60.5. The Kier molecular flexibility index (Phi) is 56.9. The molecule has 0 heterocycles. The lowest BCUT2D eigenvalue weighted by molar-refractivity contribution is -0.870. The molecule has 0 saturated carbocycles. The number of quaternary nitrogens is 1. The summed E-state index contributed by atoms with van der Waals surface area (Å²) >= 11 is 0. The van der Waals surface area contributed by atoms with E-state index in [2.05, 4.69) is 31.3 Å². The van der Waals surface area contributed by atoms with E-state index in [0.29, 0.717) is 17.4 Å². The van der Waals surface area contributed by atoms with Gasteiger partial charge in [-0.2, -0.15) is 0 Å². The second-order valence-corrected chi connectivity index (χ2v) is 25.7. The SMILES string of the molecule is CCCCCCCC/C=C/CC/C=C/C(O)C(COP(=O)(O)OCC[N+](C)(C)C)NC(=O)CCCCCCCCCCCCCCCCCCCCCCCCCCCCCCCCCCCCCCCCCCC. The van der Waals surface area contributed by atoms with E-state index in [1.165, 1.54) is 283 Å². The molecule has 0 aliphatic rings. The van der Waals surface area contributed by atoms with Crippen LogP contribution in [0.1, 0.15) is 341 Å². The van der Waals surface area contributed by atoms with E-state index in [-0.39, 0.29) is 19.1 Å². The molecule has 0 radical (unpaired) electrons. The Morgan fingerprint density at radius 1 is 0.440 bits per heavy atom. The number of amides is 1. The number of aliphatic hydroxyl groups excluding tert-OH is 1. The summed E-state index contributed by atoms with van der Waals surface area (Å²) in [4.78, 5) is 23.3. The van der Waals surface area contributed by atoms with E-state index in [1.54, 1.807) is 6.08 Å². The van der Waals surface area contributed by atoms with E-state index in [9.17, 15) is 19.4 Å². The van der Waals surface area contributed by atoms with Crippen molar-refractivity contribution < 1.29 is 32.9 Å². The molecule has 3 atom stereocenters. The highest BCUT2D eigenvalue weighted by molar-refractivity contribution is 7.47. The Hall–Kier alpha value is -1.02. The Morgan fingerprint density at radius 3 is 1.07 bits per heavy atom. The fourth-order valence-electron chi connectivity index (χ4n) is 10.2. The van der Waals surface area contributed by atoms with E-state index >= 15 is 0 Å².